The van der Waals surface area contributed by atoms with Gasteiger partial charge in [0.1, 0.15) is 17.5 Å². The minimum Gasteiger partial charge on any atom is -0.496 e. The lowest BCUT2D eigenvalue weighted by molar-refractivity contribution is -0.396. The number of fused-ring (bicyclic) bond motifs is 1. The Hall–Kier alpha value is -1.36. The van der Waals surface area contributed by atoms with E-state index in [-0.39, 0.29) is 22.7 Å². The van der Waals surface area contributed by atoms with Crippen molar-refractivity contribution in [2.75, 3.05) is 7.11 Å². The quantitative estimate of drug-likeness (QED) is 0.689. The first-order valence-corrected chi connectivity index (χ1v) is 11.4. The van der Waals surface area contributed by atoms with Crippen molar-refractivity contribution in [1.82, 2.24) is 0 Å². The highest BCUT2D eigenvalue weighted by molar-refractivity contribution is 5.68. The molecule has 2 saturated heterocycles. The molecule has 2 bridgehead atoms. The van der Waals surface area contributed by atoms with Crippen LogP contribution in [-0.2, 0) is 15.1 Å². The molecular formula is C26H36O4. The van der Waals surface area contributed by atoms with E-state index < -0.39 is 23.1 Å². The van der Waals surface area contributed by atoms with E-state index >= 15 is 0 Å². The molecule has 4 heteroatoms. The Morgan fingerprint density at radius 3 is 2.37 bits per heavy atom. The van der Waals surface area contributed by atoms with E-state index in [1.165, 1.54) is 11.1 Å². The Kier molecular flexibility index (Phi) is 3.91. The summed E-state index contributed by atoms with van der Waals surface area (Å²) in [7, 11) is 1.72. The van der Waals surface area contributed by atoms with Gasteiger partial charge in [0, 0.05) is 17.3 Å². The van der Waals surface area contributed by atoms with E-state index in [4.69, 9.17) is 14.2 Å². The molecule has 1 spiro atoms. The maximum atomic E-state index is 11.5. The van der Waals surface area contributed by atoms with Crippen LogP contribution in [0.1, 0.15) is 71.1 Å². The lowest BCUT2D eigenvalue weighted by atomic mass is 9.51. The standard InChI is InChI=1S/C26H36O4/c1-15-18-11-12-24(7)23(6)13-14-25(24,19(18)9-10-20(15)28-8)30-26(17(23)3)21(27)16(2)22(4,5)29-26/h9-12,16-17,21,27H,13-14H2,1-8H3/t16-,17-,21+,23+,24+,25-,26-/m0/s1. The van der Waals surface area contributed by atoms with Gasteiger partial charge in [0.15, 0.2) is 5.79 Å². The first-order valence-electron chi connectivity index (χ1n) is 11.4. The zero-order valence-electron chi connectivity index (χ0n) is 19.6. The van der Waals surface area contributed by atoms with Crippen molar-refractivity contribution in [3.63, 3.8) is 0 Å². The van der Waals surface area contributed by atoms with Crippen molar-refractivity contribution >= 4 is 6.08 Å². The van der Waals surface area contributed by atoms with Crippen LogP contribution in [0.15, 0.2) is 18.2 Å². The normalized spacial score (nSPS) is 48.0. The SMILES string of the molecule is COc1ccc2c(c1C)C=C[C@@]1(C)[C@]23CC[C@]1(C)[C@H](C)[C@]1(OC(C)(C)[C@@H](C)[C@H]1O)O3. The van der Waals surface area contributed by atoms with Crippen LogP contribution in [0.3, 0.4) is 0 Å². The molecule has 5 rings (SSSR count). The van der Waals surface area contributed by atoms with Gasteiger partial charge < -0.3 is 19.3 Å². The monoisotopic (exact) mass is 412 g/mol. The summed E-state index contributed by atoms with van der Waals surface area (Å²) < 4.78 is 19.5. The number of aliphatic hydroxyl groups is 1. The summed E-state index contributed by atoms with van der Waals surface area (Å²) in [6, 6.07) is 4.24. The van der Waals surface area contributed by atoms with Gasteiger partial charge in [-0.25, -0.2) is 0 Å². The zero-order valence-corrected chi connectivity index (χ0v) is 19.6. The second-order valence-electron chi connectivity index (χ2n) is 11.1. The highest BCUT2D eigenvalue weighted by atomic mass is 16.7. The molecular weight excluding hydrogens is 376 g/mol. The van der Waals surface area contributed by atoms with Crippen molar-refractivity contribution in [2.24, 2.45) is 22.7 Å². The molecule has 7 atom stereocenters. The summed E-state index contributed by atoms with van der Waals surface area (Å²) in [4.78, 5) is 0. The fourth-order valence-electron chi connectivity index (χ4n) is 7.30. The molecule has 4 aliphatic rings. The van der Waals surface area contributed by atoms with Gasteiger partial charge in [-0.05, 0) is 61.8 Å². The van der Waals surface area contributed by atoms with Crippen LogP contribution in [0.2, 0.25) is 0 Å². The van der Waals surface area contributed by atoms with Crippen molar-refractivity contribution in [3.8, 4) is 5.75 Å². The summed E-state index contributed by atoms with van der Waals surface area (Å²) in [6.07, 6.45) is 5.91. The topological polar surface area (TPSA) is 47.9 Å². The van der Waals surface area contributed by atoms with Crippen LogP contribution in [0.5, 0.6) is 5.75 Å². The fraction of sp³-hybridized carbons (Fsp3) is 0.692. The average Bonchev–Trinajstić information content (AvgIpc) is 2.98. The first-order chi connectivity index (χ1) is 13.9. The van der Waals surface area contributed by atoms with Crippen molar-refractivity contribution in [1.29, 1.82) is 0 Å². The van der Waals surface area contributed by atoms with Gasteiger partial charge in [-0.3, -0.25) is 0 Å². The van der Waals surface area contributed by atoms with E-state index in [0.29, 0.717) is 0 Å². The highest BCUT2D eigenvalue weighted by Gasteiger charge is 2.78. The molecule has 1 saturated carbocycles. The predicted octanol–water partition coefficient (Wildman–Crippen LogP) is 5.20. The molecule has 0 aromatic heterocycles. The molecule has 164 valence electrons. The number of aliphatic hydroxyl groups excluding tert-OH is 1. The molecule has 0 unspecified atom stereocenters. The maximum absolute atomic E-state index is 11.5. The number of hydrogen-bond acceptors (Lipinski definition) is 4. The van der Waals surface area contributed by atoms with Gasteiger partial charge in [0.05, 0.1) is 12.7 Å². The molecule has 1 N–H and O–H groups in total. The molecule has 3 fully saturated rings. The van der Waals surface area contributed by atoms with Crippen LogP contribution < -0.4 is 4.74 Å². The third-order valence-corrected chi connectivity index (χ3v) is 10.0. The smallest absolute Gasteiger partial charge is 0.199 e. The second kappa shape index (κ2) is 5.70. The van der Waals surface area contributed by atoms with Crippen molar-refractivity contribution in [3.05, 3.63) is 34.9 Å². The third kappa shape index (κ3) is 1.96. The number of ether oxygens (including phenoxy) is 3. The van der Waals surface area contributed by atoms with Gasteiger partial charge >= 0.3 is 0 Å². The summed E-state index contributed by atoms with van der Waals surface area (Å²) >= 11 is 0. The van der Waals surface area contributed by atoms with Crippen molar-refractivity contribution < 1.29 is 19.3 Å². The lowest BCUT2D eigenvalue weighted by Crippen LogP contribution is -2.68. The summed E-state index contributed by atoms with van der Waals surface area (Å²) in [5.74, 6) is -0.0792. The summed E-state index contributed by atoms with van der Waals surface area (Å²) in [5, 5.41) is 11.5. The highest BCUT2D eigenvalue weighted by Crippen LogP contribution is 2.76. The Morgan fingerprint density at radius 2 is 1.77 bits per heavy atom. The van der Waals surface area contributed by atoms with Crippen LogP contribution in [0, 0.1) is 29.6 Å². The van der Waals surface area contributed by atoms with Gasteiger partial charge in [-0.1, -0.05) is 45.9 Å². The maximum Gasteiger partial charge on any atom is 0.199 e. The van der Waals surface area contributed by atoms with Crippen LogP contribution in [-0.4, -0.2) is 29.7 Å². The van der Waals surface area contributed by atoms with E-state index in [1.54, 1.807) is 7.11 Å². The number of benzene rings is 1. The van der Waals surface area contributed by atoms with Gasteiger partial charge in [-0.15, -0.1) is 0 Å². The molecule has 30 heavy (non-hydrogen) atoms. The molecule has 2 aliphatic carbocycles. The van der Waals surface area contributed by atoms with E-state index in [0.717, 1.165) is 24.2 Å². The van der Waals surface area contributed by atoms with Crippen LogP contribution in [0.25, 0.3) is 6.08 Å². The predicted molar refractivity (Wildman–Crippen MR) is 117 cm³/mol. The molecule has 1 aromatic rings. The molecule has 0 radical (unpaired) electrons. The van der Waals surface area contributed by atoms with E-state index in [2.05, 4.69) is 72.8 Å². The van der Waals surface area contributed by atoms with E-state index in [9.17, 15) is 5.11 Å². The Morgan fingerprint density at radius 1 is 1.07 bits per heavy atom. The Labute approximate surface area is 180 Å². The molecule has 0 amide bonds. The van der Waals surface area contributed by atoms with Crippen LogP contribution >= 0.6 is 0 Å². The first kappa shape index (κ1) is 20.5. The molecule has 2 aliphatic heterocycles. The van der Waals surface area contributed by atoms with Gasteiger partial charge in [-0.2, -0.15) is 0 Å². The fourth-order valence-corrected chi connectivity index (χ4v) is 7.30. The van der Waals surface area contributed by atoms with Gasteiger partial charge in [0.25, 0.3) is 0 Å². The zero-order chi connectivity index (χ0) is 21.9. The minimum atomic E-state index is -1.01. The summed E-state index contributed by atoms with van der Waals surface area (Å²) in [6.45, 7) is 15.3. The lowest BCUT2D eigenvalue weighted by Gasteiger charge is -2.63. The average molecular weight is 413 g/mol. The number of rotatable bonds is 1. The molecule has 2 heterocycles. The van der Waals surface area contributed by atoms with Gasteiger partial charge in [0.2, 0.25) is 0 Å². The number of methoxy groups -OCH3 is 1. The van der Waals surface area contributed by atoms with Crippen LogP contribution in [0.4, 0.5) is 0 Å². The third-order valence-electron chi connectivity index (χ3n) is 10.0. The largest absolute Gasteiger partial charge is 0.496 e. The van der Waals surface area contributed by atoms with E-state index in [1.807, 2.05) is 0 Å². The minimum absolute atomic E-state index is 0.0140. The molecule has 1 aromatic carbocycles. The Bertz CT molecular complexity index is 951. The second-order valence-corrected chi connectivity index (χ2v) is 11.1. The number of hydrogen-bond donors (Lipinski definition) is 1. The molecule has 4 nitrogen and oxygen atoms in total. The Balaban J connectivity index is 1.77. The summed E-state index contributed by atoms with van der Waals surface area (Å²) in [5.41, 5.74) is 2.29. The van der Waals surface area contributed by atoms with Crippen molar-refractivity contribution in [2.45, 2.75) is 84.4 Å².